The lowest BCUT2D eigenvalue weighted by atomic mass is 10.2. The van der Waals surface area contributed by atoms with Gasteiger partial charge in [0, 0.05) is 17.1 Å². The second kappa shape index (κ2) is 5.70. The van der Waals surface area contributed by atoms with E-state index >= 15 is 0 Å². The van der Waals surface area contributed by atoms with Crippen LogP contribution >= 0.6 is 34.8 Å². The predicted octanol–water partition coefficient (Wildman–Crippen LogP) is 4.96. The van der Waals surface area contributed by atoms with Crippen molar-refractivity contribution in [2.24, 2.45) is 0 Å². The lowest BCUT2D eigenvalue weighted by Crippen LogP contribution is -2.01. The van der Waals surface area contributed by atoms with Crippen LogP contribution in [-0.4, -0.2) is 5.11 Å². The highest BCUT2D eigenvalue weighted by molar-refractivity contribution is 6.39. The molecular formula is C13H10Cl3NO. The summed E-state index contributed by atoms with van der Waals surface area (Å²) in [5.74, 6) is 0.176. The number of aromatic hydroxyl groups is 1. The second-order valence-electron chi connectivity index (χ2n) is 3.72. The highest BCUT2D eigenvalue weighted by Crippen LogP contribution is 2.31. The molecule has 0 aliphatic carbocycles. The molecule has 0 radical (unpaired) electrons. The van der Waals surface area contributed by atoms with Crippen molar-refractivity contribution in [3.8, 4) is 5.75 Å². The smallest absolute Gasteiger partial charge is 0.120 e. The Balaban J connectivity index is 2.19. The van der Waals surface area contributed by atoms with Crippen molar-refractivity contribution in [1.82, 2.24) is 0 Å². The van der Waals surface area contributed by atoms with Crippen LogP contribution in [-0.2, 0) is 6.54 Å². The SMILES string of the molecule is Oc1ccc(Cl)cc1CNc1c(Cl)cccc1Cl. The van der Waals surface area contributed by atoms with E-state index in [-0.39, 0.29) is 5.75 Å². The van der Waals surface area contributed by atoms with Gasteiger partial charge in [0.2, 0.25) is 0 Å². The van der Waals surface area contributed by atoms with E-state index in [9.17, 15) is 5.11 Å². The van der Waals surface area contributed by atoms with Gasteiger partial charge in [-0.25, -0.2) is 0 Å². The first kappa shape index (κ1) is 13.3. The first-order valence-corrected chi connectivity index (χ1v) is 6.36. The fourth-order valence-corrected chi connectivity index (χ4v) is 2.27. The van der Waals surface area contributed by atoms with E-state index in [1.165, 1.54) is 0 Å². The van der Waals surface area contributed by atoms with Crippen LogP contribution in [0.15, 0.2) is 36.4 Å². The van der Waals surface area contributed by atoms with Crippen LogP contribution in [0.3, 0.4) is 0 Å². The third-order valence-electron chi connectivity index (χ3n) is 2.46. The topological polar surface area (TPSA) is 32.3 Å². The zero-order valence-corrected chi connectivity index (χ0v) is 11.5. The van der Waals surface area contributed by atoms with E-state index in [0.717, 1.165) is 0 Å². The summed E-state index contributed by atoms with van der Waals surface area (Å²) in [5, 5.41) is 14.4. The quantitative estimate of drug-likeness (QED) is 0.839. The number of hydrogen-bond donors (Lipinski definition) is 2. The fraction of sp³-hybridized carbons (Fsp3) is 0.0769. The Bertz CT molecular complexity index is 552. The van der Waals surface area contributed by atoms with Crippen molar-refractivity contribution < 1.29 is 5.11 Å². The number of rotatable bonds is 3. The summed E-state index contributed by atoms with van der Waals surface area (Å²) in [7, 11) is 0. The molecule has 0 amide bonds. The second-order valence-corrected chi connectivity index (χ2v) is 4.97. The maximum absolute atomic E-state index is 9.69. The van der Waals surface area contributed by atoms with Gasteiger partial charge in [-0.3, -0.25) is 0 Å². The van der Waals surface area contributed by atoms with Crippen LogP contribution in [0.1, 0.15) is 5.56 Å². The molecule has 0 aliphatic heterocycles. The van der Waals surface area contributed by atoms with Crippen molar-refractivity contribution in [1.29, 1.82) is 0 Å². The van der Waals surface area contributed by atoms with E-state index < -0.39 is 0 Å². The summed E-state index contributed by atoms with van der Waals surface area (Å²) in [6.45, 7) is 0.385. The Morgan fingerprint density at radius 2 is 1.67 bits per heavy atom. The first-order chi connectivity index (χ1) is 8.58. The molecule has 0 heterocycles. The zero-order valence-electron chi connectivity index (χ0n) is 9.25. The average molecular weight is 303 g/mol. The molecule has 0 unspecified atom stereocenters. The summed E-state index contributed by atoms with van der Waals surface area (Å²) in [6, 6.07) is 10.1. The minimum absolute atomic E-state index is 0.176. The molecule has 0 aliphatic rings. The van der Waals surface area contributed by atoms with Gasteiger partial charge in [-0.15, -0.1) is 0 Å². The summed E-state index contributed by atoms with van der Waals surface area (Å²) in [6.07, 6.45) is 0. The van der Waals surface area contributed by atoms with Crippen molar-refractivity contribution in [3.63, 3.8) is 0 Å². The van der Waals surface area contributed by atoms with Crippen LogP contribution in [0.25, 0.3) is 0 Å². The Kier molecular flexibility index (Phi) is 4.23. The minimum atomic E-state index is 0.176. The molecule has 2 aromatic carbocycles. The van der Waals surface area contributed by atoms with Gasteiger partial charge >= 0.3 is 0 Å². The highest BCUT2D eigenvalue weighted by atomic mass is 35.5. The number of hydrogen-bond acceptors (Lipinski definition) is 2. The third-order valence-corrected chi connectivity index (χ3v) is 3.32. The number of anilines is 1. The molecular weight excluding hydrogens is 293 g/mol. The van der Waals surface area contributed by atoms with Gasteiger partial charge in [0.25, 0.3) is 0 Å². The third kappa shape index (κ3) is 3.02. The van der Waals surface area contributed by atoms with Crippen LogP contribution in [0, 0.1) is 0 Å². The summed E-state index contributed by atoms with van der Waals surface area (Å²) in [5.41, 5.74) is 1.32. The van der Waals surface area contributed by atoms with Crippen molar-refractivity contribution in [2.75, 3.05) is 5.32 Å². The largest absolute Gasteiger partial charge is 0.508 e. The van der Waals surface area contributed by atoms with E-state index in [2.05, 4.69) is 5.32 Å². The molecule has 2 N–H and O–H groups in total. The zero-order chi connectivity index (χ0) is 13.1. The molecule has 0 aromatic heterocycles. The van der Waals surface area contributed by atoms with Crippen LogP contribution < -0.4 is 5.32 Å². The van der Waals surface area contributed by atoms with E-state index in [1.54, 1.807) is 36.4 Å². The molecule has 0 saturated carbocycles. The maximum atomic E-state index is 9.69. The van der Waals surface area contributed by atoms with Gasteiger partial charge in [0.05, 0.1) is 15.7 Å². The van der Waals surface area contributed by atoms with E-state index in [4.69, 9.17) is 34.8 Å². The monoisotopic (exact) mass is 301 g/mol. The Morgan fingerprint density at radius 1 is 1.00 bits per heavy atom. The molecule has 0 saturated heterocycles. The Labute approximate surface area is 120 Å². The van der Waals surface area contributed by atoms with Crippen LogP contribution in [0.5, 0.6) is 5.75 Å². The van der Waals surface area contributed by atoms with Gasteiger partial charge in [0.1, 0.15) is 5.75 Å². The van der Waals surface area contributed by atoms with Gasteiger partial charge in [-0.2, -0.15) is 0 Å². The summed E-state index contributed by atoms with van der Waals surface area (Å²) < 4.78 is 0. The lowest BCUT2D eigenvalue weighted by molar-refractivity contribution is 0.469. The molecule has 2 rings (SSSR count). The number of phenolic OH excluding ortho intramolecular Hbond substituents is 1. The Morgan fingerprint density at radius 3 is 2.33 bits per heavy atom. The Hall–Kier alpha value is -1.09. The molecule has 2 nitrogen and oxygen atoms in total. The van der Waals surface area contributed by atoms with Gasteiger partial charge in [-0.1, -0.05) is 40.9 Å². The minimum Gasteiger partial charge on any atom is -0.508 e. The molecule has 18 heavy (non-hydrogen) atoms. The van der Waals surface area contributed by atoms with E-state index in [1.807, 2.05) is 0 Å². The molecule has 94 valence electrons. The highest BCUT2D eigenvalue weighted by Gasteiger charge is 2.07. The van der Waals surface area contributed by atoms with Crippen molar-refractivity contribution >= 4 is 40.5 Å². The number of nitrogens with one attached hydrogen (secondary N) is 1. The van der Waals surface area contributed by atoms with Crippen molar-refractivity contribution in [3.05, 3.63) is 57.0 Å². The predicted molar refractivity (Wildman–Crippen MR) is 76.9 cm³/mol. The molecule has 0 fully saturated rings. The van der Waals surface area contributed by atoms with Crippen molar-refractivity contribution in [2.45, 2.75) is 6.54 Å². The van der Waals surface area contributed by atoms with Gasteiger partial charge < -0.3 is 10.4 Å². The molecule has 0 atom stereocenters. The molecule has 2 aromatic rings. The van der Waals surface area contributed by atoms with E-state index in [0.29, 0.717) is 32.9 Å². The average Bonchev–Trinajstić information content (AvgIpc) is 2.33. The summed E-state index contributed by atoms with van der Waals surface area (Å²) in [4.78, 5) is 0. The molecule has 0 bridgehead atoms. The number of para-hydroxylation sites is 1. The molecule has 0 spiro atoms. The lowest BCUT2D eigenvalue weighted by Gasteiger charge is -2.11. The maximum Gasteiger partial charge on any atom is 0.120 e. The summed E-state index contributed by atoms with van der Waals surface area (Å²) >= 11 is 17.9. The number of phenols is 1. The molecule has 5 heteroatoms. The van der Waals surface area contributed by atoms with Crippen LogP contribution in [0.4, 0.5) is 5.69 Å². The standard InChI is InChI=1S/C13H10Cl3NO/c14-9-4-5-12(18)8(6-9)7-17-13-10(15)2-1-3-11(13)16/h1-6,17-18H,7H2. The first-order valence-electron chi connectivity index (χ1n) is 5.23. The number of benzene rings is 2. The normalized spacial score (nSPS) is 10.4. The van der Waals surface area contributed by atoms with Gasteiger partial charge in [-0.05, 0) is 30.3 Å². The van der Waals surface area contributed by atoms with Crippen LogP contribution in [0.2, 0.25) is 15.1 Å². The van der Waals surface area contributed by atoms with Gasteiger partial charge in [0.15, 0.2) is 0 Å². The number of halogens is 3. The fourth-order valence-electron chi connectivity index (χ4n) is 1.55.